The molecule has 4 nitrogen and oxygen atoms in total. The summed E-state index contributed by atoms with van der Waals surface area (Å²) in [5.41, 5.74) is 1.73. The molecule has 30 heavy (non-hydrogen) atoms. The first kappa shape index (κ1) is 21.0. The summed E-state index contributed by atoms with van der Waals surface area (Å²) in [4.78, 5) is 19.9. The molecule has 0 bridgehead atoms. The minimum atomic E-state index is -0.0591. The van der Waals surface area contributed by atoms with Gasteiger partial charge in [-0.15, -0.1) is 0 Å². The van der Waals surface area contributed by atoms with Crippen LogP contribution in [0.1, 0.15) is 19.1 Å². The molecule has 1 aliphatic rings. The van der Waals surface area contributed by atoms with E-state index in [4.69, 9.17) is 16.0 Å². The summed E-state index contributed by atoms with van der Waals surface area (Å²) in [6, 6.07) is 18.9. The number of rotatable bonds is 5. The summed E-state index contributed by atoms with van der Waals surface area (Å²) < 4.78 is 6.96. The molecule has 0 aliphatic carbocycles. The van der Waals surface area contributed by atoms with Crippen molar-refractivity contribution in [2.45, 2.75) is 13.3 Å². The lowest BCUT2D eigenvalue weighted by Gasteiger charge is -2.13. The highest BCUT2D eigenvalue weighted by atomic mass is 79.9. The molecule has 7 heteroatoms. The number of thioether (sulfide) groups is 1. The molecular weight excluding hydrogens is 484 g/mol. The van der Waals surface area contributed by atoms with E-state index in [1.54, 1.807) is 23.1 Å². The average molecular weight is 502 g/mol. The average Bonchev–Trinajstić information content (AvgIpc) is 3.31. The molecule has 0 spiro atoms. The topological polar surface area (TPSA) is 45.8 Å². The lowest BCUT2D eigenvalue weighted by atomic mass is 10.2. The van der Waals surface area contributed by atoms with E-state index < -0.39 is 0 Å². The number of hydrogen-bond donors (Lipinski definition) is 0. The molecule has 1 saturated heterocycles. The van der Waals surface area contributed by atoms with E-state index >= 15 is 0 Å². The van der Waals surface area contributed by atoms with Crippen LogP contribution in [0.4, 0.5) is 5.69 Å². The Morgan fingerprint density at radius 2 is 1.83 bits per heavy atom. The van der Waals surface area contributed by atoms with Crippen LogP contribution in [-0.4, -0.2) is 22.5 Å². The first-order chi connectivity index (χ1) is 14.5. The summed E-state index contributed by atoms with van der Waals surface area (Å²) in [6.45, 7) is 2.65. The van der Waals surface area contributed by atoms with E-state index in [0.717, 1.165) is 27.9 Å². The molecule has 1 amide bonds. The van der Waals surface area contributed by atoms with Crippen molar-refractivity contribution in [3.05, 3.63) is 80.8 Å². The molecule has 0 saturated carbocycles. The number of halogens is 2. The smallest absolute Gasteiger partial charge is 0.266 e. The number of carbonyl (C=O) groups excluding carboxylic acids is 1. The molecule has 2 heterocycles. The van der Waals surface area contributed by atoms with Gasteiger partial charge in [0.2, 0.25) is 0 Å². The fourth-order valence-electron chi connectivity index (χ4n) is 2.97. The van der Waals surface area contributed by atoms with Gasteiger partial charge in [0.25, 0.3) is 5.91 Å². The van der Waals surface area contributed by atoms with E-state index in [1.165, 1.54) is 11.8 Å². The minimum absolute atomic E-state index is 0.0591. The van der Waals surface area contributed by atoms with Gasteiger partial charge in [0.05, 0.1) is 10.6 Å². The van der Waals surface area contributed by atoms with E-state index in [9.17, 15) is 4.79 Å². The molecule has 152 valence electrons. The van der Waals surface area contributed by atoms with Gasteiger partial charge in [0.1, 0.15) is 11.5 Å². The number of nitrogens with zero attached hydrogens (tertiary/aromatic N) is 2. The molecule has 0 radical (unpaired) electrons. The Kier molecular flexibility index (Phi) is 6.46. The quantitative estimate of drug-likeness (QED) is 0.343. The van der Waals surface area contributed by atoms with Gasteiger partial charge in [0.15, 0.2) is 5.17 Å². The molecule has 0 N–H and O–H groups in total. The Bertz CT molecular complexity index is 1120. The van der Waals surface area contributed by atoms with Crippen molar-refractivity contribution < 1.29 is 9.21 Å². The zero-order valence-electron chi connectivity index (χ0n) is 16.1. The van der Waals surface area contributed by atoms with Gasteiger partial charge in [-0.25, -0.2) is 4.99 Å². The van der Waals surface area contributed by atoms with Crippen LogP contribution >= 0.6 is 39.3 Å². The Morgan fingerprint density at radius 1 is 1.10 bits per heavy atom. The predicted octanol–water partition coefficient (Wildman–Crippen LogP) is 7.38. The third-order valence-corrected chi connectivity index (χ3v) is 6.20. The molecule has 0 atom stereocenters. The maximum atomic E-state index is 13.0. The Balaban J connectivity index is 1.61. The third kappa shape index (κ3) is 4.72. The molecule has 3 aromatic rings. The number of hydrogen-bond acceptors (Lipinski definition) is 4. The molecule has 2 aromatic carbocycles. The summed E-state index contributed by atoms with van der Waals surface area (Å²) in [6.07, 6.45) is 2.62. The van der Waals surface area contributed by atoms with Gasteiger partial charge in [-0.05, 0) is 66.7 Å². The van der Waals surface area contributed by atoms with Crippen LogP contribution in [0.15, 0.2) is 79.5 Å². The zero-order chi connectivity index (χ0) is 21.1. The molecule has 1 fully saturated rings. The largest absolute Gasteiger partial charge is 0.457 e. The van der Waals surface area contributed by atoms with Crippen LogP contribution in [-0.2, 0) is 4.79 Å². The minimum Gasteiger partial charge on any atom is -0.457 e. The van der Waals surface area contributed by atoms with Crippen molar-refractivity contribution in [3.63, 3.8) is 0 Å². The molecule has 1 aromatic heterocycles. The third-order valence-electron chi connectivity index (χ3n) is 4.42. The second-order valence-corrected chi connectivity index (χ2v) is 9.01. The number of benzene rings is 2. The van der Waals surface area contributed by atoms with E-state index in [2.05, 4.69) is 20.9 Å². The van der Waals surface area contributed by atoms with Crippen LogP contribution < -0.4 is 0 Å². The first-order valence-electron chi connectivity index (χ1n) is 9.45. The van der Waals surface area contributed by atoms with Crippen molar-refractivity contribution in [1.82, 2.24) is 4.90 Å². The fourth-order valence-corrected chi connectivity index (χ4v) is 4.36. The standard InChI is InChI=1S/C23H18BrClN2O2S/c1-2-13-27-22(28)21(30-23(27)26-18-9-7-17(25)8-10-18)14-19-11-12-20(29-19)15-3-5-16(24)6-4-15/h3-12,14H,2,13H2,1H3/b21-14-,26-23?. The van der Waals surface area contributed by atoms with E-state index in [0.29, 0.717) is 27.4 Å². The van der Waals surface area contributed by atoms with Gasteiger partial charge in [0, 0.05) is 27.7 Å². The fraction of sp³-hybridized carbons (Fsp3) is 0.130. The summed E-state index contributed by atoms with van der Waals surface area (Å²) >= 11 is 10.7. The van der Waals surface area contributed by atoms with Crippen LogP contribution in [0, 0.1) is 0 Å². The number of amidine groups is 1. The lowest BCUT2D eigenvalue weighted by molar-refractivity contribution is -0.122. The van der Waals surface area contributed by atoms with Crippen molar-refractivity contribution in [1.29, 1.82) is 0 Å². The van der Waals surface area contributed by atoms with Gasteiger partial charge in [-0.2, -0.15) is 0 Å². The van der Waals surface area contributed by atoms with Crippen LogP contribution in [0.5, 0.6) is 0 Å². The van der Waals surface area contributed by atoms with Crippen molar-refractivity contribution in [3.8, 4) is 11.3 Å². The predicted molar refractivity (Wildman–Crippen MR) is 128 cm³/mol. The first-order valence-corrected chi connectivity index (χ1v) is 11.4. The van der Waals surface area contributed by atoms with Crippen LogP contribution in [0.25, 0.3) is 17.4 Å². The monoisotopic (exact) mass is 500 g/mol. The second kappa shape index (κ2) is 9.25. The van der Waals surface area contributed by atoms with Crippen LogP contribution in [0.2, 0.25) is 5.02 Å². The summed E-state index contributed by atoms with van der Waals surface area (Å²) in [7, 11) is 0. The van der Waals surface area contributed by atoms with E-state index in [1.807, 2.05) is 55.5 Å². The molecule has 4 rings (SSSR count). The Hall–Kier alpha value is -2.28. The number of aliphatic imine (C=N–C) groups is 1. The van der Waals surface area contributed by atoms with Gasteiger partial charge < -0.3 is 4.42 Å². The molecular formula is C23H18BrClN2O2S. The maximum absolute atomic E-state index is 13.0. The normalized spacial score (nSPS) is 16.8. The highest BCUT2D eigenvalue weighted by Crippen LogP contribution is 2.35. The number of carbonyl (C=O) groups is 1. The second-order valence-electron chi connectivity index (χ2n) is 6.65. The van der Waals surface area contributed by atoms with Gasteiger partial charge >= 0.3 is 0 Å². The number of amides is 1. The maximum Gasteiger partial charge on any atom is 0.266 e. The Labute approximate surface area is 192 Å². The molecule has 1 aliphatic heterocycles. The highest BCUT2D eigenvalue weighted by molar-refractivity contribution is 9.10. The van der Waals surface area contributed by atoms with Crippen molar-refractivity contribution in [2.75, 3.05) is 6.54 Å². The van der Waals surface area contributed by atoms with E-state index in [-0.39, 0.29) is 5.91 Å². The molecule has 0 unspecified atom stereocenters. The highest BCUT2D eigenvalue weighted by Gasteiger charge is 2.33. The number of furan rings is 1. The van der Waals surface area contributed by atoms with Crippen LogP contribution in [0.3, 0.4) is 0 Å². The summed E-state index contributed by atoms with van der Waals surface area (Å²) in [5.74, 6) is 1.33. The SMILES string of the molecule is CCCN1C(=O)/C(=C/c2ccc(-c3ccc(Br)cc3)o2)SC1=Nc1ccc(Cl)cc1. The van der Waals surface area contributed by atoms with Crippen molar-refractivity contribution in [2.24, 2.45) is 4.99 Å². The summed E-state index contributed by atoms with van der Waals surface area (Å²) in [5, 5.41) is 1.31. The lowest BCUT2D eigenvalue weighted by Crippen LogP contribution is -2.29. The van der Waals surface area contributed by atoms with Crippen molar-refractivity contribution >= 4 is 62.1 Å². The Morgan fingerprint density at radius 3 is 2.53 bits per heavy atom. The zero-order valence-corrected chi connectivity index (χ0v) is 19.3. The van der Waals surface area contributed by atoms with Gasteiger partial charge in [-0.3, -0.25) is 9.69 Å². The van der Waals surface area contributed by atoms with Gasteiger partial charge in [-0.1, -0.05) is 46.6 Å².